The van der Waals surface area contributed by atoms with E-state index in [2.05, 4.69) is 5.10 Å². The summed E-state index contributed by atoms with van der Waals surface area (Å²) in [5.74, 6) is 0.562. The Hall–Kier alpha value is -3.61. The van der Waals surface area contributed by atoms with Crippen LogP contribution < -0.4 is 0 Å². The molecule has 2 aromatic heterocycles. The van der Waals surface area contributed by atoms with Crippen molar-refractivity contribution in [3.05, 3.63) is 77.0 Å². The van der Waals surface area contributed by atoms with Crippen molar-refractivity contribution < 1.29 is 18.7 Å². The van der Waals surface area contributed by atoms with Crippen LogP contribution in [0.5, 0.6) is 0 Å². The maximum atomic E-state index is 12.2. The highest BCUT2D eigenvalue weighted by molar-refractivity contribution is 5.89. The summed E-state index contributed by atoms with van der Waals surface area (Å²) in [4.78, 5) is 25.7. The van der Waals surface area contributed by atoms with Crippen molar-refractivity contribution >= 4 is 18.0 Å². The molecule has 0 N–H and O–H groups in total. The standard InChI is InChI=1S/C23H25N3O4/c1-16-10-11-20(30-16)14-25(4)22(27)15-29-23(28)13-12-21-17(2)24-26(18(21)3)19-8-6-5-7-9-19/h5-13H,14-15H2,1-4H3/b13-12+. The molecule has 7 nitrogen and oxygen atoms in total. The van der Waals surface area contributed by atoms with E-state index in [1.54, 1.807) is 13.1 Å². The molecule has 156 valence electrons. The van der Waals surface area contributed by atoms with Crippen LogP contribution in [0.15, 0.2) is 53.0 Å². The Kier molecular flexibility index (Phi) is 6.51. The molecule has 0 saturated heterocycles. The minimum Gasteiger partial charge on any atom is -0.464 e. The van der Waals surface area contributed by atoms with E-state index in [-0.39, 0.29) is 12.5 Å². The van der Waals surface area contributed by atoms with Crippen LogP contribution in [-0.4, -0.2) is 40.2 Å². The number of hydrogen-bond donors (Lipinski definition) is 0. The Balaban J connectivity index is 1.57. The normalized spacial score (nSPS) is 11.1. The van der Waals surface area contributed by atoms with Gasteiger partial charge in [-0.15, -0.1) is 0 Å². The summed E-state index contributed by atoms with van der Waals surface area (Å²) in [7, 11) is 1.63. The maximum absolute atomic E-state index is 12.2. The van der Waals surface area contributed by atoms with Crippen LogP contribution >= 0.6 is 0 Å². The number of furan rings is 1. The second kappa shape index (κ2) is 9.26. The van der Waals surface area contributed by atoms with E-state index in [1.165, 1.54) is 11.0 Å². The van der Waals surface area contributed by atoms with Gasteiger partial charge in [-0.25, -0.2) is 9.48 Å². The van der Waals surface area contributed by atoms with Gasteiger partial charge in [-0.05, 0) is 51.1 Å². The molecule has 0 unspecified atom stereocenters. The van der Waals surface area contributed by atoms with Crippen LogP contribution in [0.4, 0.5) is 0 Å². The van der Waals surface area contributed by atoms with Crippen LogP contribution in [0.2, 0.25) is 0 Å². The molecule has 3 aromatic rings. The molecule has 0 spiro atoms. The second-order valence-electron chi connectivity index (χ2n) is 7.04. The molecule has 0 aliphatic carbocycles. The molecule has 0 atom stereocenters. The van der Waals surface area contributed by atoms with Crippen LogP contribution in [0, 0.1) is 20.8 Å². The molecular formula is C23H25N3O4. The zero-order valence-electron chi connectivity index (χ0n) is 17.6. The molecular weight excluding hydrogens is 382 g/mol. The summed E-state index contributed by atoms with van der Waals surface area (Å²) in [6, 6.07) is 13.4. The second-order valence-corrected chi connectivity index (χ2v) is 7.04. The Morgan fingerprint density at radius 2 is 1.87 bits per heavy atom. The van der Waals surface area contributed by atoms with Gasteiger partial charge in [-0.1, -0.05) is 18.2 Å². The van der Waals surface area contributed by atoms with Gasteiger partial charge in [-0.3, -0.25) is 4.79 Å². The number of aryl methyl sites for hydroxylation is 2. The zero-order chi connectivity index (χ0) is 21.7. The molecule has 0 aliphatic heterocycles. The lowest BCUT2D eigenvalue weighted by Crippen LogP contribution is -2.30. The molecule has 1 aromatic carbocycles. The number of rotatable bonds is 7. The number of esters is 1. The highest BCUT2D eigenvalue weighted by atomic mass is 16.5. The molecule has 0 aliphatic rings. The minimum absolute atomic E-state index is 0.310. The van der Waals surface area contributed by atoms with Crippen LogP contribution in [-0.2, 0) is 20.9 Å². The molecule has 0 bridgehead atoms. The molecule has 0 saturated carbocycles. The number of likely N-dealkylation sites (N-methyl/N-ethyl adjacent to an activating group) is 1. The van der Waals surface area contributed by atoms with Crippen LogP contribution in [0.1, 0.15) is 28.5 Å². The predicted molar refractivity (Wildman–Crippen MR) is 113 cm³/mol. The highest BCUT2D eigenvalue weighted by Crippen LogP contribution is 2.19. The summed E-state index contributed by atoms with van der Waals surface area (Å²) in [5, 5.41) is 4.54. The first-order valence-electron chi connectivity index (χ1n) is 9.61. The van der Waals surface area contributed by atoms with E-state index in [1.807, 2.05) is 67.9 Å². The van der Waals surface area contributed by atoms with Crippen molar-refractivity contribution in [2.24, 2.45) is 0 Å². The van der Waals surface area contributed by atoms with E-state index >= 15 is 0 Å². The quantitative estimate of drug-likeness (QED) is 0.442. The first kappa shape index (κ1) is 21.1. The van der Waals surface area contributed by atoms with E-state index in [0.29, 0.717) is 12.3 Å². The summed E-state index contributed by atoms with van der Waals surface area (Å²) in [6.07, 6.45) is 2.98. The van der Waals surface area contributed by atoms with Crippen molar-refractivity contribution in [3.63, 3.8) is 0 Å². The number of hydrogen-bond acceptors (Lipinski definition) is 5. The van der Waals surface area contributed by atoms with Gasteiger partial charge in [0, 0.05) is 24.4 Å². The monoisotopic (exact) mass is 407 g/mol. The predicted octanol–water partition coefficient (Wildman–Crippen LogP) is 3.61. The summed E-state index contributed by atoms with van der Waals surface area (Å²) in [6.45, 7) is 5.64. The molecule has 3 rings (SSSR count). The molecule has 2 heterocycles. The Labute approximate surface area is 175 Å². The Bertz CT molecular complexity index is 1060. The third-order valence-corrected chi connectivity index (χ3v) is 4.69. The molecule has 7 heteroatoms. The fourth-order valence-corrected chi connectivity index (χ4v) is 3.05. The van der Waals surface area contributed by atoms with Crippen molar-refractivity contribution in [2.45, 2.75) is 27.3 Å². The molecule has 1 amide bonds. The maximum Gasteiger partial charge on any atom is 0.331 e. The van der Waals surface area contributed by atoms with E-state index in [0.717, 1.165) is 28.4 Å². The number of carbonyl (C=O) groups excluding carboxylic acids is 2. The largest absolute Gasteiger partial charge is 0.464 e. The number of ether oxygens (including phenoxy) is 1. The molecule has 0 fully saturated rings. The Morgan fingerprint density at radius 1 is 1.13 bits per heavy atom. The van der Waals surface area contributed by atoms with Gasteiger partial charge in [0.1, 0.15) is 11.5 Å². The fraction of sp³-hybridized carbons (Fsp3) is 0.261. The number of carbonyl (C=O) groups is 2. The van der Waals surface area contributed by atoms with Gasteiger partial charge < -0.3 is 14.1 Å². The number of benzene rings is 1. The van der Waals surface area contributed by atoms with Gasteiger partial charge in [0.05, 0.1) is 17.9 Å². The van der Waals surface area contributed by atoms with Gasteiger partial charge >= 0.3 is 5.97 Å². The summed E-state index contributed by atoms with van der Waals surface area (Å²) in [5.41, 5.74) is 3.49. The first-order valence-corrected chi connectivity index (χ1v) is 9.61. The lowest BCUT2D eigenvalue weighted by atomic mass is 10.2. The van der Waals surface area contributed by atoms with E-state index < -0.39 is 5.97 Å². The first-order chi connectivity index (χ1) is 14.3. The average molecular weight is 407 g/mol. The van der Waals surface area contributed by atoms with Crippen molar-refractivity contribution in [3.8, 4) is 5.69 Å². The smallest absolute Gasteiger partial charge is 0.331 e. The number of nitrogens with zero attached hydrogens (tertiary/aromatic N) is 3. The van der Waals surface area contributed by atoms with E-state index in [9.17, 15) is 9.59 Å². The van der Waals surface area contributed by atoms with E-state index in [4.69, 9.17) is 9.15 Å². The SMILES string of the molecule is Cc1ccc(CN(C)C(=O)COC(=O)/C=C/c2c(C)nn(-c3ccccc3)c2C)o1. The van der Waals surface area contributed by atoms with Crippen LogP contribution in [0.25, 0.3) is 11.8 Å². The van der Waals surface area contributed by atoms with Crippen LogP contribution in [0.3, 0.4) is 0 Å². The third kappa shape index (κ3) is 5.05. The highest BCUT2D eigenvalue weighted by Gasteiger charge is 2.14. The lowest BCUT2D eigenvalue weighted by molar-refractivity contribution is -0.147. The molecule has 0 radical (unpaired) electrons. The molecule has 30 heavy (non-hydrogen) atoms. The van der Waals surface area contributed by atoms with Crippen molar-refractivity contribution in [2.75, 3.05) is 13.7 Å². The third-order valence-electron chi connectivity index (χ3n) is 4.69. The summed E-state index contributed by atoms with van der Waals surface area (Å²) < 4.78 is 12.4. The van der Waals surface area contributed by atoms with Crippen molar-refractivity contribution in [1.82, 2.24) is 14.7 Å². The topological polar surface area (TPSA) is 77.6 Å². The van der Waals surface area contributed by atoms with Gasteiger partial charge in [0.15, 0.2) is 6.61 Å². The van der Waals surface area contributed by atoms with Gasteiger partial charge in [0.2, 0.25) is 0 Å². The lowest BCUT2D eigenvalue weighted by Gasteiger charge is -2.15. The van der Waals surface area contributed by atoms with Gasteiger partial charge in [0.25, 0.3) is 5.91 Å². The fourth-order valence-electron chi connectivity index (χ4n) is 3.05. The number of para-hydroxylation sites is 1. The zero-order valence-corrected chi connectivity index (χ0v) is 17.6. The minimum atomic E-state index is -0.586. The summed E-state index contributed by atoms with van der Waals surface area (Å²) >= 11 is 0. The van der Waals surface area contributed by atoms with Crippen molar-refractivity contribution in [1.29, 1.82) is 0 Å². The average Bonchev–Trinajstić information content (AvgIpc) is 3.27. The number of amides is 1. The van der Waals surface area contributed by atoms with Gasteiger partial charge in [-0.2, -0.15) is 5.10 Å². The number of aromatic nitrogens is 2. The Morgan fingerprint density at radius 3 is 2.53 bits per heavy atom.